The third kappa shape index (κ3) is 1.99. The average molecular weight is 257 g/mol. The summed E-state index contributed by atoms with van der Waals surface area (Å²) in [5.41, 5.74) is 8.28. The Morgan fingerprint density at radius 1 is 1.05 bits per heavy atom. The molecular formula is C16H23N3. The number of aromatic nitrogens is 2. The highest BCUT2D eigenvalue weighted by Crippen LogP contribution is 2.61. The monoisotopic (exact) mass is 257 g/mol. The van der Waals surface area contributed by atoms with Crippen molar-refractivity contribution in [3.8, 4) is 0 Å². The summed E-state index contributed by atoms with van der Waals surface area (Å²) in [4.78, 5) is 8.23. The molecule has 4 bridgehead atoms. The number of rotatable bonds is 3. The first-order chi connectivity index (χ1) is 9.23. The lowest BCUT2D eigenvalue weighted by atomic mass is 9.47. The maximum Gasteiger partial charge on any atom is 0.115 e. The average Bonchev–Trinajstić information content (AvgIpc) is 2.38. The third-order valence-corrected chi connectivity index (χ3v) is 5.94. The molecular weight excluding hydrogens is 234 g/mol. The van der Waals surface area contributed by atoms with Gasteiger partial charge in [-0.15, -0.1) is 0 Å². The standard InChI is InChI=1S/C16H23N3/c17-15(4-14-8-18-10-19-9-14)16-5-11-1-12(6-16)3-13(2-11)7-16/h8-13,15H,1-7,17H2. The molecule has 3 heteroatoms. The molecule has 1 heterocycles. The Morgan fingerprint density at radius 3 is 2.11 bits per heavy atom. The van der Waals surface area contributed by atoms with Crippen LogP contribution in [0.25, 0.3) is 0 Å². The van der Waals surface area contributed by atoms with Crippen molar-refractivity contribution in [2.24, 2.45) is 28.9 Å². The van der Waals surface area contributed by atoms with Gasteiger partial charge < -0.3 is 5.73 Å². The molecule has 4 aliphatic carbocycles. The first-order valence-electron chi connectivity index (χ1n) is 7.73. The van der Waals surface area contributed by atoms with Crippen molar-refractivity contribution in [1.29, 1.82) is 0 Å². The van der Waals surface area contributed by atoms with Crippen molar-refractivity contribution >= 4 is 0 Å². The van der Waals surface area contributed by atoms with Gasteiger partial charge in [-0.3, -0.25) is 0 Å². The van der Waals surface area contributed by atoms with Gasteiger partial charge in [0.05, 0.1) is 0 Å². The van der Waals surface area contributed by atoms with E-state index in [-0.39, 0.29) is 0 Å². The van der Waals surface area contributed by atoms with E-state index >= 15 is 0 Å². The highest BCUT2D eigenvalue weighted by atomic mass is 14.8. The van der Waals surface area contributed by atoms with Crippen molar-refractivity contribution in [2.75, 3.05) is 0 Å². The van der Waals surface area contributed by atoms with Crippen molar-refractivity contribution in [2.45, 2.75) is 51.0 Å². The van der Waals surface area contributed by atoms with E-state index in [2.05, 4.69) is 9.97 Å². The molecule has 5 rings (SSSR count). The number of nitrogens with zero attached hydrogens (tertiary/aromatic N) is 2. The lowest BCUT2D eigenvalue weighted by Crippen LogP contribution is -2.55. The molecule has 4 fully saturated rings. The maximum atomic E-state index is 6.65. The van der Waals surface area contributed by atoms with Gasteiger partial charge in [-0.2, -0.15) is 0 Å². The van der Waals surface area contributed by atoms with Crippen LogP contribution in [-0.2, 0) is 6.42 Å². The van der Waals surface area contributed by atoms with Gasteiger partial charge in [-0.05, 0) is 73.7 Å². The fraction of sp³-hybridized carbons (Fsp3) is 0.750. The van der Waals surface area contributed by atoms with Gasteiger partial charge >= 0.3 is 0 Å². The van der Waals surface area contributed by atoms with Gasteiger partial charge in [0.1, 0.15) is 6.33 Å². The van der Waals surface area contributed by atoms with Crippen LogP contribution in [-0.4, -0.2) is 16.0 Å². The van der Waals surface area contributed by atoms with Crippen molar-refractivity contribution in [3.05, 3.63) is 24.3 Å². The van der Waals surface area contributed by atoms with Crippen LogP contribution in [0.3, 0.4) is 0 Å². The molecule has 0 aliphatic heterocycles. The Balaban J connectivity index is 1.55. The van der Waals surface area contributed by atoms with E-state index in [1.54, 1.807) is 6.33 Å². The van der Waals surface area contributed by atoms with E-state index in [9.17, 15) is 0 Å². The summed E-state index contributed by atoms with van der Waals surface area (Å²) >= 11 is 0. The Labute approximate surface area is 115 Å². The van der Waals surface area contributed by atoms with Crippen LogP contribution in [0.5, 0.6) is 0 Å². The summed E-state index contributed by atoms with van der Waals surface area (Å²) in [6, 6.07) is 0.298. The van der Waals surface area contributed by atoms with Crippen molar-refractivity contribution < 1.29 is 0 Å². The first kappa shape index (κ1) is 11.8. The van der Waals surface area contributed by atoms with E-state index in [1.165, 1.54) is 44.1 Å². The molecule has 102 valence electrons. The summed E-state index contributed by atoms with van der Waals surface area (Å²) in [6.07, 6.45) is 15.0. The van der Waals surface area contributed by atoms with Gasteiger partial charge in [0.25, 0.3) is 0 Å². The lowest BCUT2D eigenvalue weighted by molar-refractivity contribution is -0.0667. The number of hydrogen-bond donors (Lipinski definition) is 1. The summed E-state index contributed by atoms with van der Waals surface area (Å²) in [6.45, 7) is 0. The van der Waals surface area contributed by atoms with Crippen LogP contribution in [0, 0.1) is 23.2 Å². The van der Waals surface area contributed by atoms with E-state index in [1.807, 2.05) is 12.4 Å². The number of nitrogens with two attached hydrogens (primary N) is 1. The zero-order valence-electron chi connectivity index (χ0n) is 11.5. The molecule has 4 aliphatic rings. The van der Waals surface area contributed by atoms with Crippen LogP contribution in [0.15, 0.2) is 18.7 Å². The third-order valence-electron chi connectivity index (χ3n) is 5.94. The second-order valence-corrected chi connectivity index (χ2v) is 7.34. The minimum Gasteiger partial charge on any atom is -0.327 e. The predicted molar refractivity (Wildman–Crippen MR) is 74.3 cm³/mol. The van der Waals surface area contributed by atoms with Gasteiger partial charge in [0.15, 0.2) is 0 Å². The summed E-state index contributed by atoms with van der Waals surface area (Å²) < 4.78 is 0. The second kappa shape index (κ2) is 4.27. The fourth-order valence-corrected chi connectivity index (χ4v) is 5.54. The molecule has 0 amide bonds. The van der Waals surface area contributed by atoms with Crippen LogP contribution in [0.4, 0.5) is 0 Å². The zero-order valence-corrected chi connectivity index (χ0v) is 11.5. The summed E-state index contributed by atoms with van der Waals surface area (Å²) in [5, 5.41) is 0. The first-order valence-corrected chi connectivity index (χ1v) is 7.73. The summed E-state index contributed by atoms with van der Waals surface area (Å²) in [7, 11) is 0. The van der Waals surface area contributed by atoms with Gasteiger partial charge in [-0.25, -0.2) is 9.97 Å². The van der Waals surface area contributed by atoms with Crippen LogP contribution in [0.2, 0.25) is 0 Å². The van der Waals surface area contributed by atoms with E-state index in [0.717, 1.165) is 24.2 Å². The second-order valence-electron chi connectivity index (χ2n) is 7.34. The van der Waals surface area contributed by atoms with Gasteiger partial charge in [0, 0.05) is 18.4 Å². The minimum atomic E-state index is 0.298. The quantitative estimate of drug-likeness (QED) is 0.905. The van der Waals surface area contributed by atoms with Gasteiger partial charge in [-0.1, -0.05) is 0 Å². The van der Waals surface area contributed by atoms with Gasteiger partial charge in [0.2, 0.25) is 0 Å². The van der Waals surface area contributed by atoms with Crippen LogP contribution < -0.4 is 5.73 Å². The zero-order chi connectivity index (χ0) is 12.9. The molecule has 4 saturated carbocycles. The molecule has 3 nitrogen and oxygen atoms in total. The molecule has 1 unspecified atom stereocenters. The maximum absolute atomic E-state index is 6.65. The Bertz CT molecular complexity index is 421. The molecule has 0 spiro atoms. The SMILES string of the molecule is NC(Cc1cncnc1)C12CC3CC(CC(C3)C1)C2. The largest absolute Gasteiger partial charge is 0.327 e. The smallest absolute Gasteiger partial charge is 0.115 e. The van der Waals surface area contributed by atoms with Crippen LogP contribution in [0.1, 0.15) is 44.1 Å². The predicted octanol–water partition coefficient (Wildman–Crippen LogP) is 2.56. The lowest BCUT2D eigenvalue weighted by Gasteiger charge is -2.59. The Hall–Kier alpha value is -0.960. The number of hydrogen-bond acceptors (Lipinski definition) is 3. The molecule has 1 aromatic heterocycles. The summed E-state index contributed by atoms with van der Waals surface area (Å²) in [5.74, 6) is 2.93. The molecule has 1 aromatic rings. The Morgan fingerprint density at radius 2 is 1.58 bits per heavy atom. The Kier molecular flexibility index (Phi) is 2.66. The molecule has 2 N–H and O–H groups in total. The fourth-order valence-electron chi connectivity index (χ4n) is 5.54. The molecule has 1 atom stereocenters. The minimum absolute atomic E-state index is 0.298. The van der Waals surface area contributed by atoms with Crippen LogP contribution >= 0.6 is 0 Å². The molecule has 0 aromatic carbocycles. The molecule has 0 radical (unpaired) electrons. The van der Waals surface area contributed by atoms with E-state index in [4.69, 9.17) is 5.73 Å². The highest BCUT2D eigenvalue weighted by molar-refractivity contribution is 5.11. The molecule has 19 heavy (non-hydrogen) atoms. The highest BCUT2D eigenvalue weighted by Gasteiger charge is 2.53. The van der Waals surface area contributed by atoms with Crippen molar-refractivity contribution in [3.63, 3.8) is 0 Å². The normalized spacial score (nSPS) is 41.4. The molecule has 0 saturated heterocycles. The van der Waals surface area contributed by atoms with Crippen molar-refractivity contribution in [1.82, 2.24) is 9.97 Å². The van der Waals surface area contributed by atoms with E-state index in [0.29, 0.717) is 11.5 Å². The van der Waals surface area contributed by atoms with E-state index < -0.39 is 0 Å². The topological polar surface area (TPSA) is 51.8 Å².